The highest BCUT2D eigenvalue weighted by Crippen LogP contribution is 2.33. The fraction of sp³-hybridized carbons (Fsp3) is 0.417. The van der Waals surface area contributed by atoms with Crippen LogP contribution < -0.4 is 0 Å². The van der Waals surface area contributed by atoms with E-state index >= 15 is 0 Å². The minimum Gasteiger partial charge on any atom is -0.480 e. The number of nitroso groups, excluding NO2 is 1. The van der Waals surface area contributed by atoms with E-state index < -0.39 is 22.0 Å². The zero-order chi connectivity index (χ0) is 14.9. The summed E-state index contributed by atoms with van der Waals surface area (Å²) >= 11 is 0. The number of rotatable bonds is 4. The molecule has 0 bridgehead atoms. The highest BCUT2D eigenvalue weighted by atomic mass is 32.2. The minimum atomic E-state index is -4.05. The fourth-order valence-electron chi connectivity index (χ4n) is 2.37. The quantitative estimate of drug-likeness (QED) is 0.849. The van der Waals surface area contributed by atoms with E-state index in [0.29, 0.717) is 0 Å². The van der Waals surface area contributed by atoms with Crippen molar-refractivity contribution in [1.29, 1.82) is 0 Å². The van der Waals surface area contributed by atoms with Gasteiger partial charge < -0.3 is 5.11 Å². The topological polar surface area (TPSA) is 104 Å². The van der Waals surface area contributed by atoms with Gasteiger partial charge >= 0.3 is 5.97 Å². The smallest absolute Gasteiger partial charge is 0.322 e. The van der Waals surface area contributed by atoms with Crippen LogP contribution in [0.25, 0.3) is 0 Å². The van der Waals surface area contributed by atoms with Crippen LogP contribution in [-0.4, -0.2) is 36.4 Å². The normalized spacial score (nSPS) is 23.6. The fourth-order valence-corrected chi connectivity index (χ4v) is 4.21. The second kappa shape index (κ2) is 5.29. The van der Waals surface area contributed by atoms with Gasteiger partial charge in [0.2, 0.25) is 10.0 Å². The van der Waals surface area contributed by atoms with Crippen molar-refractivity contribution in [3.05, 3.63) is 29.2 Å². The van der Waals surface area contributed by atoms with Gasteiger partial charge in [-0.15, -0.1) is 4.91 Å². The Labute approximate surface area is 116 Å². The first-order valence-corrected chi connectivity index (χ1v) is 7.49. The van der Waals surface area contributed by atoms with Crippen LogP contribution in [0.1, 0.15) is 13.3 Å². The van der Waals surface area contributed by atoms with Crippen LogP contribution >= 0.6 is 0 Å². The number of carbonyl (C=O) groups is 1. The molecule has 20 heavy (non-hydrogen) atoms. The van der Waals surface area contributed by atoms with E-state index in [1.165, 1.54) is 24.3 Å². The summed E-state index contributed by atoms with van der Waals surface area (Å²) in [5.74, 6) is -1.24. The lowest BCUT2D eigenvalue weighted by atomic mass is 10.1. The van der Waals surface area contributed by atoms with Crippen molar-refractivity contribution < 1.29 is 18.3 Å². The summed E-state index contributed by atoms with van der Waals surface area (Å²) in [5, 5.41) is 11.8. The van der Waals surface area contributed by atoms with Gasteiger partial charge in [-0.3, -0.25) is 4.79 Å². The van der Waals surface area contributed by atoms with Gasteiger partial charge in [-0.2, -0.15) is 4.31 Å². The van der Waals surface area contributed by atoms with E-state index in [0.717, 1.165) is 4.31 Å². The highest BCUT2D eigenvalue weighted by molar-refractivity contribution is 7.89. The lowest BCUT2D eigenvalue weighted by Crippen LogP contribution is -2.40. The first-order chi connectivity index (χ1) is 9.37. The number of carboxylic acids is 1. The predicted molar refractivity (Wildman–Crippen MR) is 71.0 cm³/mol. The number of benzene rings is 1. The monoisotopic (exact) mass is 298 g/mol. The summed E-state index contributed by atoms with van der Waals surface area (Å²) in [7, 11) is -4.05. The SMILES string of the molecule is C[C@H]1CC(C(=O)O)N(S(=O)(=O)c2ccccc2N=O)C1. The maximum atomic E-state index is 12.5. The maximum absolute atomic E-state index is 12.5. The molecule has 1 N–H and O–H groups in total. The molecular weight excluding hydrogens is 284 g/mol. The third-order valence-corrected chi connectivity index (χ3v) is 5.22. The van der Waals surface area contributed by atoms with E-state index in [-0.39, 0.29) is 29.5 Å². The Kier molecular flexibility index (Phi) is 3.87. The molecule has 2 atom stereocenters. The number of hydrogen-bond donors (Lipinski definition) is 1. The van der Waals surface area contributed by atoms with Crippen molar-refractivity contribution in [3.8, 4) is 0 Å². The molecule has 1 fully saturated rings. The van der Waals surface area contributed by atoms with E-state index in [1.807, 2.05) is 0 Å². The van der Waals surface area contributed by atoms with Crippen LogP contribution in [0.15, 0.2) is 34.3 Å². The Balaban J connectivity index is 2.49. The number of hydrogen-bond acceptors (Lipinski definition) is 5. The molecule has 0 saturated carbocycles. The lowest BCUT2D eigenvalue weighted by molar-refractivity contribution is -0.140. The first-order valence-electron chi connectivity index (χ1n) is 6.05. The molecule has 1 aliphatic heterocycles. The van der Waals surface area contributed by atoms with E-state index in [1.54, 1.807) is 6.92 Å². The van der Waals surface area contributed by atoms with Gasteiger partial charge in [0, 0.05) is 6.54 Å². The highest BCUT2D eigenvalue weighted by Gasteiger charge is 2.43. The van der Waals surface area contributed by atoms with Crippen molar-refractivity contribution >= 4 is 21.7 Å². The average Bonchev–Trinajstić information content (AvgIpc) is 2.82. The zero-order valence-corrected chi connectivity index (χ0v) is 11.6. The van der Waals surface area contributed by atoms with Gasteiger partial charge in [0.1, 0.15) is 16.6 Å². The summed E-state index contributed by atoms with van der Waals surface area (Å²) in [6, 6.07) is 4.41. The summed E-state index contributed by atoms with van der Waals surface area (Å²) < 4.78 is 26.0. The number of carboxylic acid groups (broad SMARTS) is 1. The number of nitrogens with zero attached hydrogens (tertiary/aromatic N) is 2. The number of aliphatic carboxylic acids is 1. The second-order valence-electron chi connectivity index (χ2n) is 4.83. The van der Waals surface area contributed by atoms with Crippen molar-refractivity contribution in [3.63, 3.8) is 0 Å². The third kappa shape index (κ3) is 2.44. The van der Waals surface area contributed by atoms with Crippen LogP contribution in [0.5, 0.6) is 0 Å². The molecule has 1 aliphatic rings. The van der Waals surface area contributed by atoms with Crippen LogP contribution in [-0.2, 0) is 14.8 Å². The molecule has 1 aromatic rings. The van der Waals surface area contributed by atoms with Gasteiger partial charge in [0.25, 0.3) is 0 Å². The summed E-state index contributed by atoms with van der Waals surface area (Å²) in [4.78, 5) is 21.7. The molecule has 8 heteroatoms. The van der Waals surface area contributed by atoms with Gasteiger partial charge in [-0.05, 0) is 29.6 Å². The molecule has 1 saturated heterocycles. The van der Waals surface area contributed by atoms with Gasteiger partial charge in [-0.25, -0.2) is 8.42 Å². The van der Waals surface area contributed by atoms with Crippen LogP contribution in [0.2, 0.25) is 0 Å². The third-order valence-electron chi connectivity index (χ3n) is 3.30. The van der Waals surface area contributed by atoms with E-state index in [4.69, 9.17) is 5.11 Å². The van der Waals surface area contributed by atoms with Crippen molar-refractivity contribution in [2.24, 2.45) is 11.1 Å². The molecule has 0 spiro atoms. The second-order valence-corrected chi connectivity index (χ2v) is 6.69. The van der Waals surface area contributed by atoms with Crippen molar-refractivity contribution in [2.45, 2.75) is 24.3 Å². The molecule has 0 aromatic heterocycles. The molecule has 0 radical (unpaired) electrons. The first kappa shape index (κ1) is 14.6. The molecule has 0 amide bonds. The van der Waals surface area contributed by atoms with Gasteiger partial charge in [0.05, 0.1) is 0 Å². The Morgan fingerprint density at radius 2 is 2.05 bits per heavy atom. The summed E-state index contributed by atoms with van der Waals surface area (Å²) in [6.07, 6.45) is 0.255. The van der Waals surface area contributed by atoms with E-state index in [2.05, 4.69) is 5.18 Å². The molecule has 0 aliphatic carbocycles. The predicted octanol–water partition coefficient (Wildman–Crippen LogP) is 1.57. The largest absolute Gasteiger partial charge is 0.480 e. The van der Waals surface area contributed by atoms with Crippen LogP contribution in [0.3, 0.4) is 0 Å². The standard InChI is InChI=1S/C12H14N2O5S/c1-8-6-10(12(15)16)14(7-8)20(18,19)11-5-3-2-4-9(11)13-17/h2-5,8,10H,6-7H2,1H3,(H,15,16)/t8-,10?/m0/s1. The molecule has 7 nitrogen and oxygen atoms in total. The average molecular weight is 298 g/mol. The zero-order valence-electron chi connectivity index (χ0n) is 10.8. The Morgan fingerprint density at radius 1 is 1.40 bits per heavy atom. The minimum absolute atomic E-state index is 0.0535. The molecule has 1 aromatic carbocycles. The Hall–Kier alpha value is -1.80. The van der Waals surface area contributed by atoms with E-state index in [9.17, 15) is 18.1 Å². The van der Waals surface area contributed by atoms with Crippen molar-refractivity contribution in [1.82, 2.24) is 4.31 Å². The Bertz CT molecular complexity index is 643. The molecular formula is C12H14N2O5S. The summed E-state index contributed by atoms with van der Waals surface area (Å²) in [5.41, 5.74) is -0.212. The maximum Gasteiger partial charge on any atom is 0.322 e. The molecule has 108 valence electrons. The molecule has 2 rings (SSSR count). The summed E-state index contributed by atoms with van der Waals surface area (Å²) in [6.45, 7) is 1.90. The van der Waals surface area contributed by atoms with Gasteiger partial charge in [-0.1, -0.05) is 19.1 Å². The Morgan fingerprint density at radius 3 is 2.65 bits per heavy atom. The van der Waals surface area contributed by atoms with Crippen molar-refractivity contribution in [2.75, 3.05) is 6.54 Å². The van der Waals surface area contributed by atoms with Gasteiger partial charge in [0.15, 0.2) is 0 Å². The van der Waals surface area contributed by atoms with Crippen LogP contribution in [0, 0.1) is 10.8 Å². The lowest BCUT2D eigenvalue weighted by Gasteiger charge is -2.21. The molecule has 1 heterocycles. The van der Waals surface area contributed by atoms with Crippen LogP contribution in [0.4, 0.5) is 5.69 Å². The number of sulfonamides is 1. The molecule has 1 unspecified atom stereocenters.